The van der Waals surface area contributed by atoms with Crippen LogP contribution in [0, 0.1) is 12.8 Å². The van der Waals surface area contributed by atoms with E-state index in [2.05, 4.69) is 16.5 Å². The van der Waals surface area contributed by atoms with Gasteiger partial charge in [-0.1, -0.05) is 6.92 Å². The molecule has 0 radical (unpaired) electrons. The summed E-state index contributed by atoms with van der Waals surface area (Å²) < 4.78 is 33.3. The summed E-state index contributed by atoms with van der Waals surface area (Å²) in [6, 6.07) is 5.65. The van der Waals surface area contributed by atoms with Crippen molar-refractivity contribution in [3.8, 4) is 5.75 Å². The van der Waals surface area contributed by atoms with E-state index in [-0.39, 0.29) is 6.04 Å². The first-order valence-corrected chi connectivity index (χ1v) is 9.30. The second-order valence-electron chi connectivity index (χ2n) is 6.52. The molecule has 22 heavy (non-hydrogen) atoms. The van der Waals surface area contributed by atoms with Gasteiger partial charge in [0.25, 0.3) is 0 Å². The molecule has 0 amide bonds. The van der Waals surface area contributed by atoms with Crippen LogP contribution in [0.4, 0.5) is 0 Å². The van der Waals surface area contributed by atoms with Gasteiger partial charge in [0, 0.05) is 25.2 Å². The normalized spacial score (nSPS) is 26.3. The molecule has 1 saturated carbocycles. The zero-order valence-corrected chi connectivity index (χ0v) is 14.2. The summed E-state index contributed by atoms with van der Waals surface area (Å²) in [5, 5.41) is 0. The van der Waals surface area contributed by atoms with Crippen LogP contribution in [0.2, 0.25) is 0 Å². The molecule has 1 heterocycles. The van der Waals surface area contributed by atoms with Gasteiger partial charge in [0.1, 0.15) is 5.75 Å². The van der Waals surface area contributed by atoms with Gasteiger partial charge < -0.3 is 4.74 Å². The maximum Gasteiger partial charge on any atom is 0.240 e. The van der Waals surface area contributed by atoms with Gasteiger partial charge >= 0.3 is 0 Å². The second kappa shape index (κ2) is 5.83. The quantitative estimate of drug-likeness (QED) is 0.897. The lowest BCUT2D eigenvalue weighted by molar-refractivity contribution is 0.315. The summed E-state index contributed by atoms with van der Waals surface area (Å²) in [6.45, 7) is 5.78. The highest BCUT2D eigenvalue weighted by molar-refractivity contribution is 7.89. The number of nitrogens with zero attached hydrogens (tertiary/aromatic N) is 1. The molecule has 1 aliphatic heterocycles. The number of aryl methyl sites for hydroxylation is 1. The van der Waals surface area contributed by atoms with E-state index in [1.807, 2.05) is 6.92 Å². The molecule has 1 aromatic rings. The Morgan fingerprint density at radius 1 is 1.27 bits per heavy atom. The molecule has 1 aromatic carbocycles. The Morgan fingerprint density at radius 2 is 2.00 bits per heavy atom. The van der Waals surface area contributed by atoms with Crippen molar-refractivity contribution in [2.24, 2.45) is 5.92 Å². The molecule has 6 heteroatoms. The Kier molecular flexibility index (Phi) is 4.18. The fraction of sp³-hybridized carbons (Fsp3) is 0.625. The number of hydrogen-bond donors (Lipinski definition) is 1. The first kappa shape index (κ1) is 15.8. The van der Waals surface area contributed by atoms with Gasteiger partial charge in [0.05, 0.1) is 12.0 Å². The number of nitrogens with one attached hydrogen (secondary N) is 1. The number of likely N-dealkylation sites (tertiary alicyclic amines) is 1. The van der Waals surface area contributed by atoms with Gasteiger partial charge in [-0.25, -0.2) is 13.1 Å². The van der Waals surface area contributed by atoms with Crippen LogP contribution in [0.25, 0.3) is 0 Å². The van der Waals surface area contributed by atoms with E-state index in [0.29, 0.717) is 22.6 Å². The molecule has 2 atom stereocenters. The highest BCUT2D eigenvalue weighted by atomic mass is 32.2. The number of methoxy groups -OCH3 is 1. The lowest BCUT2D eigenvalue weighted by atomic mass is 10.1. The van der Waals surface area contributed by atoms with E-state index in [0.717, 1.165) is 18.7 Å². The van der Waals surface area contributed by atoms with Gasteiger partial charge in [-0.15, -0.1) is 0 Å². The van der Waals surface area contributed by atoms with Crippen molar-refractivity contribution >= 4 is 10.0 Å². The third-order valence-corrected chi connectivity index (χ3v) is 6.17. The fourth-order valence-corrected chi connectivity index (χ4v) is 4.60. The van der Waals surface area contributed by atoms with Crippen molar-refractivity contribution in [1.82, 2.24) is 9.62 Å². The molecular formula is C16H24N2O3S. The molecule has 3 rings (SSSR count). The average molecular weight is 324 g/mol. The van der Waals surface area contributed by atoms with Crippen LogP contribution in [0.5, 0.6) is 5.75 Å². The molecule has 2 fully saturated rings. The van der Waals surface area contributed by atoms with Crippen molar-refractivity contribution in [3.63, 3.8) is 0 Å². The zero-order chi connectivity index (χ0) is 15.9. The number of hydrogen-bond acceptors (Lipinski definition) is 4. The molecular weight excluding hydrogens is 300 g/mol. The highest BCUT2D eigenvalue weighted by Gasteiger charge is 2.39. The minimum absolute atomic E-state index is 0.00647. The van der Waals surface area contributed by atoms with Crippen molar-refractivity contribution in [1.29, 1.82) is 0 Å². The van der Waals surface area contributed by atoms with E-state index in [9.17, 15) is 8.42 Å². The van der Waals surface area contributed by atoms with Crippen molar-refractivity contribution in [3.05, 3.63) is 23.8 Å². The highest BCUT2D eigenvalue weighted by Crippen LogP contribution is 2.32. The van der Waals surface area contributed by atoms with Crippen LogP contribution in [0.1, 0.15) is 25.3 Å². The van der Waals surface area contributed by atoms with Gasteiger partial charge in [0.2, 0.25) is 10.0 Å². The van der Waals surface area contributed by atoms with Gasteiger partial charge in [0.15, 0.2) is 0 Å². The number of ether oxygens (including phenoxy) is 1. The monoisotopic (exact) mass is 324 g/mol. The van der Waals surface area contributed by atoms with E-state index >= 15 is 0 Å². The average Bonchev–Trinajstić information content (AvgIpc) is 3.25. The molecule has 0 spiro atoms. The minimum atomic E-state index is -3.49. The van der Waals surface area contributed by atoms with Gasteiger partial charge in [-0.3, -0.25) is 4.90 Å². The predicted octanol–water partition coefficient (Wildman–Crippen LogP) is 1.76. The van der Waals surface area contributed by atoms with Crippen LogP contribution in [-0.2, 0) is 10.0 Å². The lowest BCUT2D eigenvalue weighted by Crippen LogP contribution is -2.40. The first-order chi connectivity index (χ1) is 10.4. The SMILES string of the molecule is COc1ccc(S(=O)(=O)N[C@H]2CN(C3CC3)C[C@@H]2C)cc1C. The Balaban J connectivity index is 1.74. The van der Waals surface area contributed by atoms with Gasteiger partial charge in [-0.2, -0.15) is 0 Å². The Morgan fingerprint density at radius 3 is 2.59 bits per heavy atom. The van der Waals surface area contributed by atoms with Crippen LogP contribution >= 0.6 is 0 Å². The summed E-state index contributed by atoms with van der Waals surface area (Å²) in [5.74, 6) is 1.04. The summed E-state index contributed by atoms with van der Waals surface area (Å²) in [5.41, 5.74) is 0.824. The number of sulfonamides is 1. The van der Waals surface area contributed by atoms with Crippen molar-refractivity contribution < 1.29 is 13.2 Å². The summed E-state index contributed by atoms with van der Waals surface area (Å²) in [4.78, 5) is 2.72. The summed E-state index contributed by atoms with van der Waals surface area (Å²) >= 11 is 0. The Hall–Kier alpha value is -1.11. The topological polar surface area (TPSA) is 58.6 Å². The number of benzene rings is 1. The van der Waals surface area contributed by atoms with Crippen LogP contribution in [0.3, 0.4) is 0 Å². The largest absolute Gasteiger partial charge is 0.496 e. The maximum atomic E-state index is 12.6. The van der Waals surface area contributed by atoms with Crippen LogP contribution in [-0.4, -0.2) is 45.6 Å². The maximum absolute atomic E-state index is 12.6. The molecule has 0 bridgehead atoms. The Labute approximate surface area is 132 Å². The van der Waals surface area contributed by atoms with Crippen molar-refractivity contribution in [2.45, 2.75) is 43.7 Å². The lowest BCUT2D eigenvalue weighted by Gasteiger charge is -2.17. The molecule has 2 aliphatic rings. The van der Waals surface area contributed by atoms with E-state index < -0.39 is 10.0 Å². The summed E-state index contributed by atoms with van der Waals surface area (Å²) in [6.07, 6.45) is 2.51. The third kappa shape index (κ3) is 3.14. The molecule has 5 nitrogen and oxygen atoms in total. The smallest absolute Gasteiger partial charge is 0.240 e. The van der Waals surface area contributed by atoms with Crippen LogP contribution < -0.4 is 9.46 Å². The molecule has 1 aliphatic carbocycles. The fourth-order valence-electron chi connectivity index (χ4n) is 3.18. The predicted molar refractivity (Wildman–Crippen MR) is 85.6 cm³/mol. The second-order valence-corrected chi connectivity index (χ2v) is 8.24. The number of rotatable bonds is 5. The van der Waals surface area contributed by atoms with Crippen LogP contribution in [0.15, 0.2) is 23.1 Å². The minimum Gasteiger partial charge on any atom is -0.496 e. The zero-order valence-electron chi connectivity index (χ0n) is 13.4. The van der Waals surface area contributed by atoms with E-state index in [4.69, 9.17) is 4.74 Å². The molecule has 0 unspecified atom stereocenters. The third-order valence-electron chi connectivity index (χ3n) is 4.69. The van der Waals surface area contributed by atoms with Gasteiger partial charge in [-0.05, 0) is 49.4 Å². The van der Waals surface area contributed by atoms with Crippen molar-refractivity contribution in [2.75, 3.05) is 20.2 Å². The standard InChI is InChI=1S/C16H24N2O3S/c1-11-8-14(6-7-16(11)21-3)22(19,20)17-15-10-18(9-12(15)2)13-4-5-13/h6-8,12-13,15,17H,4-5,9-10H2,1-3H3/t12-,15-/m0/s1. The molecule has 1 saturated heterocycles. The van der Waals surface area contributed by atoms with E-state index in [1.54, 1.807) is 25.3 Å². The van der Waals surface area contributed by atoms with E-state index in [1.165, 1.54) is 12.8 Å². The first-order valence-electron chi connectivity index (χ1n) is 7.81. The summed E-state index contributed by atoms with van der Waals surface area (Å²) in [7, 11) is -1.90. The molecule has 1 N–H and O–H groups in total. The molecule has 0 aromatic heterocycles. The molecule has 122 valence electrons. The Bertz CT molecular complexity index is 655.